The molecule has 1 atom stereocenters. The van der Waals surface area contributed by atoms with Gasteiger partial charge in [-0.2, -0.15) is 0 Å². The Bertz CT molecular complexity index is 1140. The lowest BCUT2D eigenvalue weighted by Crippen LogP contribution is -2.28. The lowest BCUT2D eigenvalue weighted by Gasteiger charge is -2.24. The van der Waals surface area contributed by atoms with E-state index in [1.807, 2.05) is 18.2 Å². The zero-order valence-corrected chi connectivity index (χ0v) is 17.1. The van der Waals surface area contributed by atoms with Gasteiger partial charge in [-0.25, -0.2) is 13.8 Å². The predicted octanol–water partition coefficient (Wildman–Crippen LogP) is 4.67. The smallest absolute Gasteiger partial charge is 0.272 e. The molecule has 0 unspecified atom stereocenters. The number of para-hydroxylation sites is 1. The van der Waals surface area contributed by atoms with Crippen LogP contribution in [-0.4, -0.2) is 32.8 Å². The average Bonchev–Trinajstić information content (AvgIpc) is 3.47. The third-order valence-corrected chi connectivity index (χ3v) is 6.39. The number of halogens is 2. The quantitative estimate of drug-likeness (QED) is 0.598. The molecule has 2 aromatic heterocycles. The normalized spacial score (nSPS) is 16.4. The molecule has 0 aliphatic carbocycles. The van der Waals surface area contributed by atoms with E-state index in [4.69, 9.17) is 0 Å². The second-order valence-corrected chi connectivity index (χ2v) is 8.18. The molecule has 6 nitrogen and oxygen atoms in total. The van der Waals surface area contributed by atoms with Gasteiger partial charge in [0.15, 0.2) is 0 Å². The van der Waals surface area contributed by atoms with Gasteiger partial charge in [0.2, 0.25) is 11.9 Å². The number of likely N-dealkylation sites (tertiary alicyclic amines) is 1. The maximum absolute atomic E-state index is 12.8. The molecule has 9 heteroatoms. The van der Waals surface area contributed by atoms with Crippen molar-refractivity contribution >= 4 is 40.1 Å². The first kappa shape index (κ1) is 20.2. The van der Waals surface area contributed by atoms with Crippen LogP contribution in [0.25, 0.3) is 11.0 Å². The van der Waals surface area contributed by atoms with E-state index in [9.17, 15) is 18.4 Å². The molecule has 1 saturated heterocycles. The lowest BCUT2D eigenvalue weighted by atomic mass is 10.0. The zero-order chi connectivity index (χ0) is 21.4. The number of hydrogen-bond acceptors (Lipinski definition) is 4. The largest absolute Gasteiger partial charge is 0.332 e. The van der Waals surface area contributed by atoms with Crippen LogP contribution in [0.2, 0.25) is 0 Å². The van der Waals surface area contributed by atoms with E-state index in [-0.39, 0.29) is 21.7 Å². The number of aryl methyl sites for hydroxylation is 1. The van der Waals surface area contributed by atoms with E-state index in [2.05, 4.69) is 16.9 Å². The number of nitrogens with one attached hydrogen (secondary N) is 1. The fraction of sp³-hybridized carbons (Fsp3) is 0.286. The number of rotatable bonds is 5. The van der Waals surface area contributed by atoms with Crippen LogP contribution < -0.4 is 5.32 Å². The van der Waals surface area contributed by atoms with Gasteiger partial charge in [-0.15, -0.1) is 11.3 Å². The van der Waals surface area contributed by atoms with Gasteiger partial charge in [0.25, 0.3) is 12.3 Å². The van der Waals surface area contributed by atoms with Crippen molar-refractivity contribution in [1.29, 1.82) is 0 Å². The molecule has 1 aliphatic heterocycles. The minimum Gasteiger partial charge on any atom is -0.332 e. The molecule has 0 radical (unpaired) electrons. The highest BCUT2D eigenvalue weighted by Gasteiger charge is 2.31. The maximum atomic E-state index is 12.8. The number of aromatic nitrogens is 2. The first-order chi connectivity index (χ1) is 14.4. The van der Waals surface area contributed by atoms with Crippen molar-refractivity contribution in [3.8, 4) is 0 Å². The molecule has 0 bridgehead atoms. The topological polar surface area (TPSA) is 67.2 Å². The molecule has 0 spiro atoms. The summed E-state index contributed by atoms with van der Waals surface area (Å²) in [7, 11) is 1.77. The van der Waals surface area contributed by atoms with Crippen molar-refractivity contribution in [3.63, 3.8) is 0 Å². The summed E-state index contributed by atoms with van der Waals surface area (Å²) in [5.41, 5.74) is 2.41. The van der Waals surface area contributed by atoms with Crippen molar-refractivity contribution in [3.05, 3.63) is 58.3 Å². The maximum Gasteiger partial charge on any atom is 0.272 e. The minimum atomic E-state index is -2.61. The van der Waals surface area contributed by atoms with Crippen molar-refractivity contribution in [2.24, 2.45) is 7.05 Å². The Labute approximate surface area is 175 Å². The Balaban J connectivity index is 1.67. The molecule has 3 heterocycles. The molecular formula is C21H20F2N4O2S. The van der Waals surface area contributed by atoms with Crippen LogP contribution in [0.15, 0.2) is 43.0 Å². The number of anilines is 1. The molecule has 156 valence electrons. The van der Waals surface area contributed by atoms with Crippen LogP contribution >= 0.6 is 11.3 Å². The molecule has 1 aromatic carbocycles. The van der Waals surface area contributed by atoms with Gasteiger partial charge in [0.05, 0.1) is 26.8 Å². The summed E-state index contributed by atoms with van der Waals surface area (Å²) in [5.74, 6) is -0.295. The summed E-state index contributed by atoms with van der Waals surface area (Å²) >= 11 is 0.758. The van der Waals surface area contributed by atoms with Crippen LogP contribution in [0.3, 0.4) is 0 Å². The Morgan fingerprint density at radius 2 is 2.13 bits per heavy atom. The standard InChI is InChI=1S/C21H20F2N4O2S/c1-3-17(28)27-11-5-8-13(27)12-6-4-7-14-18(12)24-21(26(14)2)25-20(29)16-10-9-15(30-16)19(22)23/h3-4,6-7,9-10,13,19H,1,5,8,11H2,2H3,(H,24,25,29)/t13-/m1/s1. The third-order valence-electron chi connectivity index (χ3n) is 5.30. The average molecular weight is 430 g/mol. The fourth-order valence-electron chi connectivity index (χ4n) is 3.84. The van der Waals surface area contributed by atoms with Gasteiger partial charge < -0.3 is 9.47 Å². The van der Waals surface area contributed by atoms with Crippen molar-refractivity contribution in [1.82, 2.24) is 14.5 Å². The molecular weight excluding hydrogens is 410 g/mol. The third kappa shape index (κ3) is 3.49. The first-order valence-electron chi connectivity index (χ1n) is 9.48. The Kier molecular flexibility index (Phi) is 5.38. The highest BCUT2D eigenvalue weighted by Crippen LogP contribution is 2.36. The van der Waals surface area contributed by atoms with E-state index in [0.29, 0.717) is 18.0 Å². The summed E-state index contributed by atoms with van der Waals surface area (Å²) in [4.78, 5) is 31.2. The Morgan fingerprint density at radius 3 is 2.83 bits per heavy atom. The SMILES string of the molecule is C=CC(=O)N1CCC[C@@H]1c1cccc2c1nc(NC(=O)c1ccc(C(F)F)s1)n2C. The number of carbonyl (C=O) groups excluding carboxylic acids is 2. The molecule has 3 aromatic rings. The van der Waals surface area contributed by atoms with E-state index in [0.717, 1.165) is 35.3 Å². The van der Waals surface area contributed by atoms with Gasteiger partial charge >= 0.3 is 0 Å². The van der Waals surface area contributed by atoms with Crippen LogP contribution in [0.1, 0.15) is 45.4 Å². The first-order valence-corrected chi connectivity index (χ1v) is 10.3. The molecule has 30 heavy (non-hydrogen) atoms. The molecule has 1 fully saturated rings. The highest BCUT2D eigenvalue weighted by molar-refractivity contribution is 7.14. The van der Waals surface area contributed by atoms with Crippen molar-refractivity contribution in [2.75, 3.05) is 11.9 Å². The Hall–Kier alpha value is -3.07. The van der Waals surface area contributed by atoms with Crippen LogP contribution in [-0.2, 0) is 11.8 Å². The molecule has 1 N–H and O–H groups in total. The minimum absolute atomic E-state index is 0.108. The number of thiophene rings is 1. The van der Waals surface area contributed by atoms with Crippen molar-refractivity contribution < 1.29 is 18.4 Å². The number of carbonyl (C=O) groups is 2. The fourth-order valence-corrected chi connectivity index (χ4v) is 4.60. The lowest BCUT2D eigenvalue weighted by molar-refractivity contribution is -0.126. The molecule has 2 amide bonds. The second-order valence-electron chi connectivity index (χ2n) is 7.06. The summed E-state index contributed by atoms with van der Waals surface area (Å²) in [6.45, 7) is 4.24. The zero-order valence-electron chi connectivity index (χ0n) is 16.3. The van der Waals surface area contributed by atoms with Gasteiger partial charge in [0, 0.05) is 19.2 Å². The summed E-state index contributed by atoms with van der Waals surface area (Å²) in [6.07, 6.45) is 0.421. The number of imidazole rings is 1. The second kappa shape index (κ2) is 7.98. The van der Waals surface area contributed by atoms with Crippen LogP contribution in [0.4, 0.5) is 14.7 Å². The Morgan fingerprint density at radius 1 is 1.33 bits per heavy atom. The molecule has 4 rings (SSSR count). The van der Waals surface area contributed by atoms with Gasteiger partial charge in [-0.05, 0) is 37.1 Å². The number of nitrogens with zero attached hydrogens (tertiary/aromatic N) is 3. The van der Waals surface area contributed by atoms with E-state index >= 15 is 0 Å². The van der Waals surface area contributed by atoms with Gasteiger partial charge in [-0.1, -0.05) is 18.7 Å². The van der Waals surface area contributed by atoms with Gasteiger partial charge in [-0.3, -0.25) is 14.9 Å². The summed E-state index contributed by atoms with van der Waals surface area (Å²) < 4.78 is 27.4. The molecule has 1 aliphatic rings. The van der Waals surface area contributed by atoms with Crippen LogP contribution in [0, 0.1) is 0 Å². The molecule has 0 saturated carbocycles. The van der Waals surface area contributed by atoms with E-state index < -0.39 is 12.3 Å². The number of hydrogen-bond donors (Lipinski definition) is 1. The number of alkyl halides is 2. The van der Waals surface area contributed by atoms with Crippen molar-refractivity contribution in [2.45, 2.75) is 25.3 Å². The highest BCUT2D eigenvalue weighted by atomic mass is 32.1. The summed E-state index contributed by atoms with van der Waals surface area (Å²) in [5, 5.41) is 2.71. The number of benzene rings is 1. The number of fused-ring (bicyclic) bond motifs is 1. The monoisotopic (exact) mass is 430 g/mol. The van der Waals surface area contributed by atoms with E-state index in [1.165, 1.54) is 18.2 Å². The van der Waals surface area contributed by atoms with Crippen LogP contribution in [0.5, 0.6) is 0 Å². The van der Waals surface area contributed by atoms with Gasteiger partial charge in [0.1, 0.15) is 0 Å². The predicted molar refractivity (Wildman–Crippen MR) is 112 cm³/mol. The van der Waals surface area contributed by atoms with E-state index in [1.54, 1.807) is 16.5 Å². The number of amides is 2. The summed E-state index contributed by atoms with van der Waals surface area (Å²) in [6, 6.07) is 8.25.